The molecule has 0 aromatic rings. The smallest absolute Gasteiger partial charge is 0.0702 e. The van der Waals surface area contributed by atoms with E-state index in [9.17, 15) is 5.11 Å². The van der Waals surface area contributed by atoms with E-state index in [0.717, 1.165) is 32.4 Å². The number of nitrogens with one attached hydrogen (secondary N) is 1. The first-order valence-electron chi connectivity index (χ1n) is 6.55. The minimum atomic E-state index is -0.394. The topological polar surface area (TPSA) is 32.3 Å². The molecule has 1 saturated heterocycles. The molecule has 2 heteroatoms. The van der Waals surface area contributed by atoms with Gasteiger partial charge in [-0.2, -0.15) is 0 Å². The van der Waals surface area contributed by atoms with Gasteiger partial charge in [0.15, 0.2) is 0 Å². The molecule has 1 aliphatic heterocycles. The van der Waals surface area contributed by atoms with Crippen molar-refractivity contribution < 1.29 is 5.11 Å². The van der Waals surface area contributed by atoms with Gasteiger partial charge in [-0.05, 0) is 37.6 Å². The van der Waals surface area contributed by atoms with Crippen molar-refractivity contribution in [2.24, 2.45) is 11.8 Å². The van der Waals surface area contributed by atoms with Crippen molar-refractivity contribution in [3.63, 3.8) is 0 Å². The summed E-state index contributed by atoms with van der Waals surface area (Å²) in [5.41, 5.74) is -0.394. The van der Waals surface area contributed by atoms with E-state index in [1.165, 1.54) is 12.8 Å². The SMILES string of the molecule is CCCC(C)CC1(O)CCNCC1CC. The zero-order chi connectivity index (χ0) is 11.3. The fraction of sp³-hybridized carbons (Fsp3) is 1.00. The highest BCUT2D eigenvalue weighted by atomic mass is 16.3. The van der Waals surface area contributed by atoms with Crippen LogP contribution in [0, 0.1) is 11.8 Å². The molecule has 2 nitrogen and oxygen atoms in total. The van der Waals surface area contributed by atoms with Crippen molar-refractivity contribution in [2.75, 3.05) is 13.1 Å². The summed E-state index contributed by atoms with van der Waals surface area (Å²) in [6.45, 7) is 8.65. The molecule has 3 atom stereocenters. The third-order valence-corrected chi connectivity index (χ3v) is 3.86. The van der Waals surface area contributed by atoms with Gasteiger partial charge in [0.05, 0.1) is 5.60 Å². The van der Waals surface area contributed by atoms with Gasteiger partial charge in [-0.15, -0.1) is 0 Å². The van der Waals surface area contributed by atoms with Crippen molar-refractivity contribution in [1.82, 2.24) is 5.32 Å². The van der Waals surface area contributed by atoms with Gasteiger partial charge in [0.1, 0.15) is 0 Å². The number of hydrogen-bond donors (Lipinski definition) is 2. The van der Waals surface area contributed by atoms with Crippen molar-refractivity contribution >= 4 is 0 Å². The second-order valence-electron chi connectivity index (χ2n) is 5.26. The van der Waals surface area contributed by atoms with Gasteiger partial charge in [0, 0.05) is 6.54 Å². The van der Waals surface area contributed by atoms with Crippen molar-refractivity contribution in [1.29, 1.82) is 0 Å². The lowest BCUT2D eigenvalue weighted by molar-refractivity contribution is -0.0594. The van der Waals surface area contributed by atoms with Crippen LogP contribution in [-0.2, 0) is 0 Å². The Morgan fingerprint density at radius 2 is 2.20 bits per heavy atom. The normalized spacial score (nSPS) is 34.0. The average Bonchev–Trinajstić information content (AvgIpc) is 2.18. The summed E-state index contributed by atoms with van der Waals surface area (Å²) in [6, 6.07) is 0. The van der Waals surface area contributed by atoms with E-state index in [2.05, 4.69) is 26.1 Å². The molecular weight excluding hydrogens is 186 g/mol. The van der Waals surface area contributed by atoms with Crippen LogP contribution in [0.25, 0.3) is 0 Å². The number of piperidine rings is 1. The highest BCUT2D eigenvalue weighted by Crippen LogP contribution is 2.34. The van der Waals surface area contributed by atoms with Crippen LogP contribution < -0.4 is 5.32 Å². The van der Waals surface area contributed by atoms with Gasteiger partial charge < -0.3 is 10.4 Å². The summed E-state index contributed by atoms with van der Waals surface area (Å²) >= 11 is 0. The number of rotatable bonds is 5. The van der Waals surface area contributed by atoms with E-state index in [0.29, 0.717) is 11.8 Å². The van der Waals surface area contributed by atoms with Crippen molar-refractivity contribution in [2.45, 2.75) is 58.5 Å². The average molecular weight is 213 g/mol. The first-order valence-corrected chi connectivity index (χ1v) is 6.55. The fourth-order valence-electron chi connectivity index (χ4n) is 2.97. The van der Waals surface area contributed by atoms with Crippen molar-refractivity contribution in [3.8, 4) is 0 Å². The third-order valence-electron chi connectivity index (χ3n) is 3.86. The van der Waals surface area contributed by atoms with Gasteiger partial charge in [-0.25, -0.2) is 0 Å². The first-order chi connectivity index (χ1) is 7.12. The summed E-state index contributed by atoms with van der Waals surface area (Å²) in [5, 5.41) is 14.1. The van der Waals surface area contributed by atoms with Gasteiger partial charge in [0.2, 0.25) is 0 Å². The summed E-state index contributed by atoms with van der Waals surface area (Å²) in [4.78, 5) is 0. The van der Waals surface area contributed by atoms with Crippen LogP contribution in [-0.4, -0.2) is 23.8 Å². The first kappa shape index (κ1) is 13.0. The Bertz CT molecular complexity index is 183. The molecule has 0 amide bonds. The maximum atomic E-state index is 10.7. The van der Waals surface area contributed by atoms with Gasteiger partial charge >= 0.3 is 0 Å². The van der Waals surface area contributed by atoms with Gasteiger partial charge in [-0.3, -0.25) is 0 Å². The van der Waals surface area contributed by atoms with E-state index >= 15 is 0 Å². The second kappa shape index (κ2) is 5.86. The number of aliphatic hydroxyl groups is 1. The molecule has 1 heterocycles. The lowest BCUT2D eigenvalue weighted by Crippen LogP contribution is -2.50. The van der Waals surface area contributed by atoms with Crippen LogP contribution in [0.15, 0.2) is 0 Å². The Hall–Kier alpha value is -0.0800. The lowest BCUT2D eigenvalue weighted by atomic mass is 9.74. The van der Waals surface area contributed by atoms with Crippen LogP contribution in [0.5, 0.6) is 0 Å². The second-order valence-corrected chi connectivity index (χ2v) is 5.26. The lowest BCUT2D eigenvalue weighted by Gasteiger charge is -2.41. The Morgan fingerprint density at radius 1 is 1.47 bits per heavy atom. The maximum Gasteiger partial charge on any atom is 0.0702 e. The Morgan fingerprint density at radius 3 is 2.80 bits per heavy atom. The molecular formula is C13H27NO. The van der Waals surface area contributed by atoms with E-state index in [-0.39, 0.29) is 0 Å². The van der Waals surface area contributed by atoms with Crippen LogP contribution in [0.4, 0.5) is 0 Å². The molecule has 0 aromatic carbocycles. The molecule has 1 fully saturated rings. The third kappa shape index (κ3) is 3.46. The molecule has 1 rings (SSSR count). The van der Waals surface area contributed by atoms with Crippen LogP contribution >= 0.6 is 0 Å². The van der Waals surface area contributed by atoms with Crippen LogP contribution in [0.2, 0.25) is 0 Å². The largest absolute Gasteiger partial charge is 0.389 e. The maximum absolute atomic E-state index is 10.7. The molecule has 1 aliphatic rings. The highest BCUT2D eigenvalue weighted by Gasteiger charge is 2.38. The molecule has 0 bridgehead atoms. The van der Waals surface area contributed by atoms with Crippen LogP contribution in [0.1, 0.15) is 52.9 Å². The van der Waals surface area contributed by atoms with E-state index < -0.39 is 5.60 Å². The zero-order valence-corrected chi connectivity index (χ0v) is 10.6. The number of hydrogen-bond acceptors (Lipinski definition) is 2. The van der Waals surface area contributed by atoms with Gasteiger partial charge in [0.25, 0.3) is 0 Å². The molecule has 0 aliphatic carbocycles. The Kier molecular flexibility index (Phi) is 5.07. The molecule has 3 unspecified atom stereocenters. The molecule has 0 aromatic heterocycles. The summed E-state index contributed by atoms with van der Waals surface area (Å²) < 4.78 is 0. The predicted octanol–water partition coefficient (Wildman–Crippen LogP) is 2.56. The summed E-state index contributed by atoms with van der Waals surface area (Å²) in [7, 11) is 0. The summed E-state index contributed by atoms with van der Waals surface area (Å²) in [5.74, 6) is 1.11. The van der Waals surface area contributed by atoms with Crippen LogP contribution in [0.3, 0.4) is 0 Å². The van der Waals surface area contributed by atoms with Gasteiger partial charge in [-0.1, -0.05) is 33.6 Å². The molecule has 0 radical (unpaired) electrons. The van der Waals surface area contributed by atoms with E-state index in [1.54, 1.807) is 0 Å². The van der Waals surface area contributed by atoms with E-state index in [1.807, 2.05) is 0 Å². The zero-order valence-electron chi connectivity index (χ0n) is 10.6. The Balaban J connectivity index is 2.53. The molecule has 0 saturated carbocycles. The highest BCUT2D eigenvalue weighted by molar-refractivity contribution is 4.92. The molecule has 15 heavy (non-hydrogen) atoms. The van der Waals surface area contributed by atoms with Crippen molar-refractivity contribution in [3.05, 3.63) is 0 Å². The minimum absolute atomic E-state index is 0.394. The monoisotopic (exact) mass is 213 g/mol. The summed E-state index contributed by atoms with van der Waals surface area (Å²) in [6.07, 6.45) is 5.47. The molecule has 2 N–H and O–H groups in total. The molecule has 0 spiro atoms. The predicted molar refractivity (Wildman–Crippen MR) is 64.9 cm³/mol. The Labute approximate surface area is 94.5 Å². The van der Waals surface area contributed by atoms with E-state index in [4.69, 9.17) is 0 Å². The fourth-order valence-corrected chi connectivity index (χ4v) is 2.97. The molecule has 90 valence electrons. The minimum Gasteiger partial charge on any atom is -0.389 e. The standard InChI is InChI=1S/C13H27NO/c1-4-6-11(3)9-13(15)7-8-14-10-12(13)5-2/h11-12,14-15H,4-10H2,1-3H3. The quantitative estimate of drug-likeness (QED) is 0.735.